The van der Waals surface area contributed by atoms with Gasteiger partial charge in [-0.25, -0.2) is 4.98 Å². The van der Waals surface area contributed by atoms with Gasteiger partial charge in [0.25, 0.3) is 0 Å². The number of para-hydroxylation sites is 1. The number of pyridine rings is 1. The minimum atomic E-state index is 0.839. The summed E-state index contributed by atoms with van der Waals surface area (Å²) in [5.74, 6) is 1.97. The summed E-state index contributed by atoms with van der Waals surface area (Å²) < 4.78 is 2.25. The van der Waals surface area contributed by atoms with E-state index in [2.05, 4.69) is 75.1 Å². The third-order valence-corrected chi connectivity index (χ3v) is 7.09. The molecule has 0 radical (unpaired) electrons. The monoisotopic (exact) mass is 443 g/mol. The van der Waals surface area contributed by atoms with E-state index in [1.807, 2.05) is 23.9 Å². The summed E-state index contributed by atoms with van der Waals surface area (Å²) >= 11 is 1.82. The fourth-order valence-corrected chi connectivity index (χ4v) is 5.45. The van der Waals surface area contributed by atoms with Crippen molar-refractivity contribution < 1.29 is 0 Å². The second-order valence-electron chi connectivity index (χ2n) is 8.24. The highest BCUT2D eigenvalue weighted by molar-refractivity contribution is 7.99. The third kappa shape index (κ3) is 4.43. The molecular weight excluding hydrogens is 414 g/mol. The number of aromatic nitrogens is 4. The second kappa shape index (κ2) is 9.84. The van der Waals surface area contributed by atoms with Gasteiger partial charge >= 0.3 is 0 Å². The number of thioether (sulfide) groups is 1. The molecule has 6 heteroatoms. The highest BCUT2D eigenvalue weighted by Crippen LogP contribution is 2.33. The average Bonchev–Trinajstić information content (AvgIpc) is 3.27. The van der Waals surface area contributed by atoms with E-state index < -0.39 is 0 Å². The van der Waals surface area contributed by atoms with Crippen LogP contribution in [0.4, 0.5) is 0 Å². The first-order chi connectivity index (χ1) is 15.8. The molecule has 32 heavy (non-hydrogen) atoms. The van der Waals surface area contributed by atoms with E-state index in [0.29, 0.717) is 0 Å². The van der Waals surface area contributed by atoms with E-state index in [9.17, 15) is 0 Å². The Morgan fingerprint density at radius 3 is 2.50 bits per heavy atom. The van der Waals surface area contributed by atoms with Crippen molar-refractivity contribution in [2.75, 3.05) is 25.4 Å². The van der Waals surface area contributed by atoms with E-state index in [-0.39, 0.29) is 0 Å². The van der Waals surface area contributed by atoms with Gasteiger partial charge in [-0.15, -0.1) is 10.2 Å². The zero-order valence-electron chi connectivity index (χ0n) is 18.6. The minimum absolute atomic E-state index is 0.839. The number of nitrogens with zero attached hydrogens (tertiary/aromatic N) is 5. The van der Waals surface area contributed by atoms with E-state index in [1.165, 1.54) is 32.4 Å². The lowest BCUT2D eigenvalue weighted by molar-refractivity contribution is 0.242. The van der Waals surface area contributed by atoms with Gasteiger partial charge in [-0.3, -0.25) is 0 Å². The molecule has 0 atom stereocenters. The van der Waals surface area contributed by atoms with Crippen LogP contribution in [0, 0.1) is 0 Å². The first-order valence-corrected chi connectivity index (χ1v) is 12.6. The van der Waals surface area contributed by atoms with Crippen molar-refractivity contribution in [2.45, 2.75) is 37.9 Å². The lowest BCUT2D eigenvalue weighted by Gasteiger charge is -2.25. The second-order valence-corrected chi connectivity index (χ2v) is 9.30. The summed E-state index contributed by atoms with van der Waals surface area (Å²) in [6.45, 7) is 6.59. The van der Waals surface area contributed by atoms with Gasteiger partial charge in [0.15, 0.2) is 11.0 Å². The maximum Gasteiger partial charge on any atom is 0.191 e. The summed E-state index contributed by atoms with van der Waals surface area (Å²) in [5.41, 5.74) is 4.14. The molecule has 5 nitrogen and oxygen atoms in total. The van der Waals surface area contributed by atoms with Crippen molar-refractivity contribution in [3.05, 3.63) is 60.7 Å². The predicted octanol–water partition coefficient (Wildman–Crippen LogP) is 5.76. The van der Waals surface area contributed by atoms with Gasteiger partial charge in [-0.1, -0.05) is 66.7 Å². The van der Waals surface area contributed by atoms with Crippen LogP contribution >= 0.6 is 11.8 Å². The average molecular weight is 444 g/mol. The van der Waals surface area contributed by atoms with E-state index in [4.69, 9.17) is 4.98 Å². The maximum atomic E-state index is 4.93. The van der Waals surface area contributed by atoms with Crippen molar-refractivity contribution >= 4 is 22.7 Å². The molecule has 0 spiro atoms. The molecule has 2 aromatic carbocycles. The molecule has 0 saturated carbocycles. The van der Waals surface area contributed by atoms with Crippen molar-refractivity contribution in [3.8, 4) is 22.6 Å². The molecule has 3 heterocycles. The molecule has 0 unspecified atom stereocenters. The molecule has 164 valence electrons. The van der Waals surface area contributed by atoms with Crippen LogP contribution in [0.5, 0.6) is 0 Å². The Kier molecular flexibility index (Phi) is 6.51. The largest absolute Gasteiger partial charge is 0.303 e. The number of hydrogen-bond acceptors (Lipinski definition) is 5. The molecule has 5 rings (SSSR count). The Morgan fingerprint density at radius 1 is 0.906 bits per heavy atom. The number of benzene rings is 2. The molecule has 1 aliphatic rings. The van der Waals surface area contributed by atoms with Crippen molar-refractivity contribution in [3.63, 3.8) is 0 Å². The molecule has 0 N–H and O–H groups in total. The Hall–Kier alpha value is -2.70. The normalized spacial score (nSPS) is 14.8. The fourth-order valence-electron chi connectivity index (χ4n) is 4.45. The van der Waals surface area contributed by atoms with Crippen LogP contribution in [-0.4, -0.2) is 50.0 Å². The lowest BCUT2D eigenvalue weighted by Crippen LogP contribution is -2.31. The predicted molar refractivity (Wildman–Crippen MR) is 133 cm³/mol. The van der Waals surface area contributed by atoms with E-state index >= 15 is 0 Å². The van der Waals surface area contributed by atoms with Gasteiger partial charge in [0.2, 0.25) is 0 Å². The van der Waals surface area contributed by atoms with Crippen LogP contribution in [-0.2, 0) is 6.54 Å². The fraction of sp³-hybridized carbons (Fsp3) is 0.346. The van der Waals surface area contributed by atoms with Crippen LogP contribution in [0.1, 0.15) is 26.2 Å². The minimum Gasteiger partial charge on any atom is -0.303 e. The van der Waals surface area contributed by atoms with Crippen LogP contribution < -0.4 is 0 Å². The number of rotatable bonds is 7. The Morgan fingerprint density at radius 2 is 1.69 bits per heavy atom. The first-order valence-electron chi connectivity index (χ1n) is 11.6. The van der Waals surface area contributed by atoms with Crippen LogP contribution in [0.3, 0.4) is 0 Å². The molecule has 1 aliphatic heterocycles. The van der Waals surface area contributed by atoms with Gasteiger partial charge in [-0.05, 0) is 45.0 Å². The summed E-state index contributed by atoms with van der Waals surface area (Å²) in [6, 6.07) is 20.8. The summed E-state index contributed by atoms with van der Waals surface area (Å²) in [6.07, 6.45) is 4.04. The van der Waals surface area contributed by atoms with Crippen molar-refractivity contribution in [1.29, 1.82) is 0 Å². The maximum absolute atomic E-state index is 4.93. The van der Waals surface area contributed by atoms with Gasteiger partial charge in [0, 0.05) is 35.4 Å². The Balaban J connectivity index is 1.48. The number of fused-ring (bicyclic) bond motifs is 1. The summed E-state index contributed by atoms with van der Waals surface area (Å²) in [4.78, 5) is 7.50. The molecule has 2 aromatic heterocycles. The van der Waals surface area contributed by atoms with E-state index in [1.54, 1.807) is 0 Å². The molecule has 0 aliphatic carbocycles. The number of hydrogen-bond donors (Lipinski definition) is 0. The van der Waals surface area contributed by atoms with Crippen LogP contribution in [0.15, 0.2) is 65.8 Å². The highest BCUT2D eigenvalue weighted by atomic mass is 32.2. The quantitative estimate of drug-likeness (QED) is 0.340. The Labute approximate surface area is 193 Å². The third-order valence-electron chi connectivity index (χ3n) is 6.15. The molecular formula is C26H29N5S. The standard InChI is InChI=1S/C26H29N5S/c1-2-31-25(28-29-26(31)32-18-17-30-15-9-4-10-16-30)22-19-24(20-11-5-3-6-12-20)27-23-14-8-7-13-21(22)23/h3,5-8,11-14,19H,2,4,9-10,15-18H2,1H3. The number of likely N-dealkylation sites (tertiary alicyclic amines) is 1. The topological polar surface area (TPSA) is 46.8 Å². The smallest absolute Gasteiger partial charge is 0.191 e. The zero-order chi connectivity index (χ0) is 21.8. The van der Waals surface area contributed by atoms with Crippen LogP contribution in [0.2, 0.25) is 0 Å². The molecule has 1 saturated heterocycles. The van der Waals surface area contributed by atoms with E-state index in [0.717, 1.165) is 57.5 Å². The van der Waals surface area contributed by atoms with Gasteiger partial charge < -0.3 is 9.47 Å². The van der Waals surface area contributed by atoms with Crippen LogP contribution in [0.25, 0.3) is 33.5 Å². The summed E-state index contributed by atoms with van der Waals surface area (Å²) in [5, 5.41) is 11.4. The Bertz CT molecular complexity index is 1180. The van der Waals surface area contributed by atoms with Gasteiger partial charge in [-0.2, -0.15) is 0 Å². The molecule has 1 fully saturated rings. The molecule has 0 amide bonds. The van der Waals surface area contributed by atoms with Gasteiger partial charge in [0.05, 0.1) is 11.2 Å². The summed E-state index contributed by atoms with van der Waals surface area (Å²) in [7, 11) is 0. The van der Waals surface area contributed by atoms with Crippen molar-refractivity contribution in [2.24, 2.45) is 0 Å². The van der Waals surface area contributed by atoms with Gasteiger partial charge in [0.1, 0.15) is 0 Å². The zero-order valence-corrected chi connectivity index (χ0v) is 19.4. The first kappa shape index (κ1) is 21.2. The number of piperidine rings is 1. The highest BCUT2D eigenvalue weighted by Gasteiger charge is 2.18. The molecule has 0 bridgehead atoms. The SMILES string of the molecule is CCn1c(SCCN2CCCCC2)nnc1-c1cc(-c2ccccc2)nc2ccccc12. The van der Waals surface area contributed by atoms with Crippen molar-refractivity contribution in [1.82, 2.24) is 24.6 Å². The molecule has 4 aromatic rings. The lowest BCUT2D eigenvalue weighted by atomic mass is 10.0.